The summed E-state index contributed by atoms with van der Waals surface area (Å²) in [5.41, 5.74) is 0.455. The van der Waals surface area contributed by atoms with Gasteiger partial charge < -0.3 is 9.16 Å². The van der Waals surface area contributed by atoms with Crippen molar-refractivity contribution in [2.24, 2.45) is 0 Å². The molecule has 2 rings (SSSR count). The Morgan fingerprint density at radius 2 is 1.89 bits per heavy atom. The minimum atomic E-state index is -1.81. The van der Waals surface area contributed by atoms with Crippen LogP contribution in [0.4, 0.5) is 0 Å². The molecular weight excluding hydrogens is 366 g/mol. The number of epoxide rings is 1. The standard InChI is InChI=1S/C23H33NO3Si/c1-6-28(7-2,8-3)27-19(5)22-23(17-24,26-22)21(25)18(4)13-12-16-20-14-10-9-11-15-20/h9-11,13-15,19,22H,6-8,12,16H2,1-5H3/b18-13+/t19-,22+,23+/m0/s1. The van der Waals surface area contributed by atoms with E-state index in [1.165, 1.54) is 5.56 Å². The fourth-order valence-electron chi connectivity index (χ4n) is 3.86. The van der Waals surface area contributed by atoms with Gasteiger partial charge in [-0.25, -0.2) is 0 Å². The molecule has 0 N–H and O–H groups in total. The number of ether oxygens (including phenoxy) is 1. The van der Waals surface area contributed by atoms with Crippen molar-refractivity contribution in [3.05, 3.63) is 47.5 Å². The molecule has 28 heavy (non-hydrogen) atoms. The van der Waals surface area contributed by atoms with E-state index in [0.717, 1.165) is 31.0 Å². The number of rotatable bonds is 11. The molecule has 152 valence electrons. The Hall–Kier alpha value is -1.74. The lowest BCUT2D eigenvalue weighted by atomic mass is 9.93. The molecule has 5 heteroatoms. The zero-order valence-corrected chi connectivity index (χ0v) is 18.8. The summed E-state index contributed by atoms with van der Waals surface area (Å²) < 4.78 is 12.1. The van der Waals surface area contributed by atoms with Gasteiger partial charge in [0, 0.05) is 0 Å². The highest BCUT2D eigenvalue weighted by Gasteiger charge is 2.66. The Kier molecular flexibility index (Phi) is 7.76. The minimum absolute atomic E-state index is 0.222. The lowest BCUT2D eigenvalue weighted by Gasteiger charge is -2.31. The van der Waals surface area contributed by atoms with E-state index in [9.17, 15) is 10.1 Å². The van der Waals surface area contributed by atoms with E-state index in [1.807, 2.05) is 31.2 Å². The summed E-state index contributed by atoms with van der Waals surface area (Å²) in [6, 6.07) is 15.4. The smallest absolute Gasteiger partial charge is 0.246 e. The number of nitriles is 1. The molecule has 0 aromatic heterocycles. The predicted octanol–water partition coefficient (Wildman–Crippen LogP) is 5.21. The zero-order chi connectivity index (χ0) is 20.8. The van der Waals surface area contributed by atoms with Crippen molar-refractivity contribution in [3.63, 3.8) is 0 Å². The van der Waals surface area contributed by atoms with Crippen molar-refractivity contribution in [2.45, 2.75) is 83.4 Å². The van der Waals surface area contributed by atoms with Crippen LogP contribution in [0.25, 0.3) is 0 Å². The molecule has 0 unspecified atom stereocenters. The molecule has 1 aromatic carbocycles. The maximum atomic E-state index is 12.9. The molecule has 0 aliphatic carbocycles. The quantitative estimate of drug-likeness (QED) is 0.291. The molecule has 0 bridgehead atoms. The summed E-state index contributed by atoms with van der Waals surface area (Å²) in [6.45, 7) is 10.2. The molecule has 1 aromatic rings. The third kappa shape index (κ3) is 4.80. The van der Waals surface area contributed by atoms with Crippen LogP contribution in [0.15, 0.2) is 42.0 Å². The van der Waals surface area contributed by atoms with E-state index in [-0.39, 0.29) is 11.9 Å². The SMILES string of the molecule is CC[Si](CC)(CC)O[C@@H](C)[C@H]1O[C@]1(C#N)C(=O)/C(C)=C/CCc1ccccc1. The molecule has 3 atom stereocenters. The molecule has 4 nitrogen and oxygen atoms in total. The normalized spacial score (nSPS) is 23.1. The lowest BCUT2D eigenvalue weighted by molar-refractivity contribution is -0.118. The van der Waals surface area contributed by atoms with Gasteiger partial charge in [0.2, 0.25) is 11.4 Å². The van der Waals surface area contributed by atoms with E-state index < -0.39 is 20.0 Å². The molecule has 1 aliphatic heterocycles. The van der Waals surface area contributed by atoms with E-state index in [0.29, 0.717) is 5.57 Å². The molecular formula is C23H33NO3Si. The third-order valence-corrected chi connectivity index (χ3v) is 10.8. The second-order valence-electron chi connectivity index (χ2n) is 7.69. The van der Waals surface area contributed by atoms with Crippen molar-refractivity contribution >= 4 is 14.1 Å². The van der Waals surface area contributed by atoms with Gasteiger partial charge in [-0.05, 0) is 56.0 Å². The number of benzene rings is 1. The van der Waals surface area contributed by atoms with Crippen LogP contribution in [0.2, 0.25) is 18.1 Å². The van der Waals surface area contributed by atoms with Crippen molar-refractivity contribution in [3.8, 4) is 6.07 Å². The zero-order valence-electron chi connectivity index (χ0n) is 17.8. The van der Waals surface area contributed by atoms with Crippen LogP contribution in [-0.2, 0) is 20.4 Å². The van der Waals surface area contributed by atoms with Crippen molar-refractivity contribution in [1.29, 1.82) is 5.26 Å². The lowest BCUT2D eigenvalue weighted by Crippen LogP contribution is -2.42. The van der Waals surface area contributed by atoms with Gasteiger partial charge in [-0.3, -0.25) is 4.79 Å². The maximum Gasteiger partial charge on any atom is 0.246 e. The largest absolute Gasteiger partial charge is 0.411 e. The Morgan fingerprint density at radius 1 is 1.29 bits per heavy atom. The highest BCUT2D eigenvalue weighted by molar-refractivity contribution is 6.73. The number of hydrogen-bond acceptors (Lipinski definition) is 4. The number of nitrogens with zero attached hydrogens (tertiary/aromatic N) is 1. The Morgan fingerprint density at radius 3 is 2.43 bits per heavy atom. The number of allylic oxidation sites excluding steroid dienone is 1. The molecule has 1 aliphatic rings. The van der Waals surface area contributed by atoms with Gasteiger partial charge >= 0.3 is 0 Å². The summed E-state index contributed by atoms with van der Waals surface area (Å²) in [5.74, 6) is -0.222. The van der Waals surface area contributed by atoms with Crippen LogP contribution in [-0.4, -0.2) is 31.9 Å². The summed E-state index contributed by atoms with van der Waals surface area (Å²) in [4.78, 5) is 12.9. The van der Waals surface area contributed by atoms with Crippen molar-refractivity contribution in [1.82, 2.24) is 0 Å². The van der Waals surface area contributed by atoms with Crippen LogP contribution >= 0.6 is 0 Å². The van der Waals surface area contributed by atoms with Gasteiger partial charge in [0.05, 0.1) is 6.10 Å². The van der Waals surface area contributed by atoms with E-state index in [1.54, 1.807) is 6.92 Å². The second-order valence-corrected chi connectivity index (χ2v) is 12.4. The van der Waals surface area contributed by atoms with Gasteiger partial charge in [0.1, 0.15) is 12.2 Å². The fourth-order valence-corrected chi connectivity index (χ4v) is 6.77. The number of carbonyl (C=O) groups excluding carboxylic acids is 1. The first-order valence-electron chi connectivity index (χ1n) is 10.4. The molecule has 0 saturated carbocycles. The fraction of sp³-hybridized carbons (Fsp3) is 0.565. The van der Waals surface area contributed by atoms with Crippen LogP contribution in [0, 0.1) is 11.3 Å². The average molecular weight is 400 g/mol. The topological polar surface area (TPSA) is 62.6 Å². The highest BCUT2D eigenvalue weighted by Crippen LogP contribution is 2.43. The van der Waals surface area contributed by atoms with Gasteiger partial charge in [-0.1, -0.05) is 57.2 Å². The van der Waals surface area contributed by atoms with E-state index in [4.69, 9.17) is 9.16 Å². The first-order valence-corrected chi connectivity index (χ1v) is 12.9. The van der Waals surface area contributed by atoms with Crippen LogP contribution in [0.1, 0.15) is 46.6 Å². The Bertz CT molecular complexity index is 728. The predicted molar refractivity (Wildman–Crippen MR) is 114 cm³/mol. The number of ketones is 1. The molecule has 0 amide bonds. The molecule has 0 radical (unpaired) electrons. The monoisotopic (exact) mass is 399 g/mol. The molecule has 1 fully saturated rings. The minimum Gasteiger partial charge on any atom is -0.411 e. The molecule has 0 spiro atoms. The number of hydrogen-bond donors (Lipinski definition) is 0. The Labute approximate surface area is 170 Å². The summed E-state index contributed by atoms with van der Waals surface area (Å²) in [5, 5.41) is 9.70. The van der Waals surface area contributed by atoms with Crippen molar-refractivity contribution < 1.29 is 14.0 Å². The highest BCUT2D eigenvalue weighted by atomic mass is 28.4. The van der Waals surface area contributed by atoms with E-state index >= 15 is 0 Å². The van der Waals surface area contributed by atoms with Crippen LogP contribution in [0.5, 0.6) is 0 Å². The second kappa shape index (κ2) is 9.64. The van der Waals surface area contributed by atoms with Gasteiger partial charge in [0.15, 0.2) is 8.32 Å². The maximum absolute atomic E-state index is 12.9. The third-order valence-electron chi connectivity index (χ3n) is 6.04. The van der Waals surface area contributed by atoms with Crippen LogP contribution in [0.3, 0.4) is 0 Å². The van der Waals surface area contributed by atoms with Gasteiger partial charge in [0.25, 0.3) is 0 Å². The first-order chi connectivity index (χ1) is 13.4. The molecule has 1 saturated heterocycles. The first kappa shape index (κ1) is 22.5. The number of Topliss-reactive ketones (excluding diaryl/α,β-unsaturated/α-hetero) is 1. The van der Waals surface area contributed by atoms with E-state index in [2.05, 4.69) is 39.0 Å². The van der Waals surface area contributed by atoms with Crippen LogP contribution < -0.4 is 0 Å². The average Bonchev–Trinajstić information content (AvgIpc) is 3.48. The van der Waals surface area contributed by atoms with Crippen molar-refractivity contribution in [2.75, 3.05) is 0 Å². The summed E-state index contributed by atoms with van der Waals surface area (Å²) in [7, 11) is -1.81. The number of aryl methyl sites for hydroxylation is 1. The van der Waals surface area contributed by atoms with Gasteiger partial charge in [-0.2, -0.15) is 5.26 Å². The van der Waals surface area contributed by atoms with Gasteiger partial charge in [-0.15, -0.1) is 0 Å². The number of carbonyl (C=O) groups is 1. The Balaban J connectivity index is 2.01. The summed E-state index contributed by atoms with van der Waals surface area (Å²) >= 11 is 0. The summed E-state index contributed by atoms with van der Waals surface area (Å²) in [6.07, 6.45) is 2.83. The molecule has 1 heterocycles.